The molecule has 0 aliphatic carbocycles. The van der Waals surface area contributed by atoms with Gasteiger partial charge in [0, 0.05) is 22.8 Å². The molecule has 0 saturated heterocycles. The second kappa shape index (κ2) is 6.09. The average Bonchev–Trinajstić information content (AvgIpc) is 2.30. The van der Waals surface area contributed by atoms with Crippen molar-refractivity contribution >= 4 is 21.7 Å². The van der Waals surface area contributed by atoms with Crippen LogP contribution in [0.15, 0.2) is 16.7 Å². The lowest BCUT2D eigenvalue weighted by atomic mass is 9.94. The number of aromatic nitrogens is 1. The molecule has 0 spiro atoms. The lowest BCUT2D eigenvalue weighted by Crippen LogP contribution is -2.36. The minimum absolute atomic E-state index is 0.102. The molecule has 1 unspecified atom stereocenters. The monoisotopic (exact) mass is 340 g/mol. The Kier molecular flexibility index (Phi) is 5.20. The Morgan fingerprint density at radius 1 is 1.42 bits per heavy atom. The number of rotatable bonds is 5. The molecule has 1 aromatic rings. The number of hydrogen-bond acceptors (Lipinski definition) is 3. The highest BCUT2D eigenvalue weighted by Crippen LogP contribution is 2.36. The molecule has 19 heavy (non-hydrogen) atoms. The van der Waals surface area contributed by atoms with E-state index >= 15 is 0 Å². The van der Waals surface area contributed by atoms with Gasteiger partial charge in [0.2, 0.25) is 0 Å². The second-order valence-corrected chi connectivity index (χ2v) is 5.48. The average molecular weight is 341 g/mol. The van der Waals surface area contributed by atoms with Crippen LogP contribution in [0.3, 0.4) is 0 Å². The lowest BCUT2D eigenvalue weighted by Gasteiger charge is -2.30. The van der Waals surface area contributed by atoms with E-state index in [0.29, 0.717) is 12.8 Å². The quantitative estimate of drug-likeness (QED) is 0.856. The van der Waals surface area contributed by atoms with Crippen LogP contribution in [0.2, 0.25) is 0 Å². The first-order valence-corrected chi connectivity index (χ1v) is 6.63. The minimum atomic E-state index is -4.48. The van der Waals surface area contributed by atoms with E-state index < -0.39 is 17.3 Å². The minimum Gasteiger partial charge on any atom is -0.396 e. The van der Waals surface area contributed by atoms with Gasteiger partial charge < -0.3 is 10.4 Å². The summed E-state index contributed by atoms with van der Waals surface area (Å²) in [4.78, 5) is 3.80. The Labute approximate surface area is 118 Å². The first kappa shape index (κ1) is 16.2. The van der Waals surface area contributed by atoms with E-state index in [1.807, 2.05) is 6.92 Å². The van der Waals surface area contributed by atoms with E-state index in [1.165, 1.54) is 6.20 Å². The highest BCUT2D eigenvalue weighted by Gasteiger charge is 2.36. The predicted octanol–water partition coefficient (Wildman–Crippen LogP) is 3.83. The number of alkyl halides is 3. The van der Waals surface area contributed by atoms with Gasteiger partial charge in [-0.2, -0.15) is 13.2 Å². The lowest BCUT2D eigenvalue weighted by molar-refractivity contribution is -0.137. The Morgan fingerprint density at radius 2 is 2.05 bits per heavy atom. The zero-order chi connectivity index (χ0) is 14.7. The van der Waals surface area contributed by atoms with E-state index in [9.17, 15) is 13.2 Å². The van der Waals surface area contributed by atoms with Crippen molar-refractivity contribution in [1.29, 1.82) is 0 Å². The molecule has 3 nitrogen and oxygen atoms in total. The molecule has 0 fully saturated rings. The molecule has 0 radical (unpaired) electrons. The van der Waals surface area contributed by atoms with Crippen molar-refractivity contribution in [3.05, 3.63) is 22.3 Å². The van der Waals surface area contributed by atoms with Crippen LogP contribution in [0.4, 0.5) is 19.0 Å². The summed E-state index contributed by atoms with van der Waals surface area (Å²) < 4.78 is 39.1. The topological polar surface area (TPSA) is 45.1 Å². The van der Waals surface area contributed by atoms with Crippen molar-refractivity contribution in [1.82, 2.24) is 4.98 Å². The Hall–Kier alpha value is -0.820. The summed E-state index contributed by atoms with van der Waals surface area (Å²) >= 11 is 2.99. The fourth-order valence-corrected chi connectivity index (χ4v) is 1.95. The number of hydrogen-bond donors (Lipinski definition) is 2. The Balaban J connectivity index is 3.13. The van der Waals surface area contributed by atoms with E-state index in [1.54, 1.807) is 6.92 Å². The van der Waals surface area contributed by atoms with E-state index in [4.69, 9.17) is 5.11 Å². The van der Waals surface area contributed by atoms with Crippen LogP contribution in [-0.4, -0.2) is 22.2 Å². The SMILES string of the molecule is CCC(C)(CCO)Nc1ncc(Br)cc1C(F)(F)F. The van der Waals surface area contributed by atoms with Gasteiger partial charge in [0.25, 0.3) is 0 Å². The van der Waals surface area contributed by atoms with Gasteiger partial charge in [-0.05, 0) is 41.8 Å². The van der Waals surface area contributed by atoms with Crippen molar-refractivity contribution in [2.45, 2.75) is 38.4 Å². The van der Waals surface area contributed by atoms with Crippen molar-refractivity contribution in [3.8, 4) is 0 Å². The molecule has 2 N–H and O–H groups in total. The maximum Gasteiger partial charge on any atom is 0.419 e. The molecule has 1 rings (SSSR count). The third kappa shape index (κ3) is 4.35. The van der Waals surface area contributed by atoms with Gasteiger partial charge in [-0.15, -0.1) is 0 Å². The summed E-state index contributed by atoms with van der Waals surface area (Å²) in [6, 6.07) is 0.990. The van der Waals surface area contributed by atoms with Crippen molar-refractivity contribution in [2.75, 3.05) is 11.9 Å². The van der Waals surface area contributed by atoms with Gasteiger partial charge in [0.1, 0.15) is 5.82 Å². The van der Waals surface area contributed by atoms with Gasteiger partial charge in [-0.3, -0.25) is 0 Å². The summed E-state index contributed by atoms with van der Waals surface area (Å²) in [5, 5.41) is 11.8. The Bertz CT molecular complexity index is 439. The van der Waals surface area contributed by atoms with E-state index in [0.717, 1.165) is 6.07 Å². The van der Waals surface area contributed by atoms with Crippen LogP contribution >= 0.6 is 15.9 Å². The number of halogens is 4. The molecule has 0 saturated carbocycles. The maximum absolute atomic E-state index is 12.9. The molecule has 1 aromatic heterocycles. The zero-order valence-electron chi connectivity index (χ0n) is 10.7. The highest BCUT2D eigenvalue weighted by molar-refractivity contribution is 9.10. The fraction of sp³-hybridized carbons (Fsp3) is 0.583. The maximum atomic E-state index is 12.9. The van der Waals surface area contributed by atoms with Crippen LogP contribution in [0, 0.1) is 0 Å². The van der Waals surface area contributed by atoms with Gasteiger partial charge in [-0.1, -0.05) is 6.92 Å². The van der Waals surface area contributed by atoms with Gasteiger partial charge in [0.15, 0.2) is 0 Å². The predicted molar refractivity (Wildman–Crippen MR) is 71.0 cm³/mol. The smallest absolute Gasteiger partial charge is 0.396 e. The van der Waals surface area contributed by atoms with Crippen LogP contribution in [0.1, 0.15) is 32.3 Å². The summed E-state index contributed by atoms with van der Waals surface area (Å²) in [5.41, 5.74) is -1.45. The normalized spacial score (nSPS) is 15.1. The second-order valence-electron chi connectivity index (χ2n) is 4.56. The van der Waals surface area contributed by atoms with Gasteiger partial charge in [-0.25, -0.2) is 4.98 Å². The third-order valence-electron chi connectivity index (χ3n) is 3.02. The van der Waals surface area contributed by atoms with Crippen molar-refractivity contribution in [2.24, 2.45) is 0 Å². The number of nitrogens with one attached hydrogen (secondary N) is 1. The molecule has 0 aliphatic heterocycles. The van der Waals surface area contributed by atoms with Gasteiger partial charge >= 0.3 is 6.18 Å². The molecule has 7 heteroatoms. The summed E-state index contributed by atoms with van der Waals surface area (Å²) in [7, 11) is 0. The standard InChI is InChI=1S/C12H16BrF3N2O/c1-3-11(2,4-5-19)18-10-9(12(14,15)16)6-8(13)7-17-10/h6-7,19H,3-5H2,1-2H3,(H,17,18). The molecule has 0 aliphatic rings. The number of nitrogens with zero attached hydrogens (tertiary/aromatic N) is 1. The van der Waals surface area contributed by atoms with E-state index in [-0.39, 0.29) is 16.9 Å². The third-order valence-corrected chi connectivity index (χ3v) is 3.46. The van der Waals surface area contributed by atoms with E-state index in [2.05, 4.69) is 26.2 Å². The fourth-order valence-electron chi connectivity index (χ4n) is 1.62. The molecule has 0 bridgehead atoms. The molecule has 0 amide bonds. The molecule has 1 atom stereocenters. The molecule has 108 valence electrons. The van der Waals surface area contributed by atoms with Crippen LogP contribution < -0.4 is 5.32 Å². The van der Waals surface area contributed by atoms with Crippen LogP contribution in [-0.2, 0) is 6.18 Å². The number of pyridine rings is 1. The summed E-state index contributed by atoms with van der Waals surface area (Å²) in [5.74, 6) is -0.214. The Morgan fingerprint density at radius 3 is 2.53 bits per heavy atom. The number of aliphatic hydroxyl groups is 1. The number of aliphatic hydroxyl groups excluding tert-OH is 1. The summed E-state index contributed by atoms with van der Waals surface area (Å²) in [6.45, 7) is 3.50. The largest absolute Gasteiger partial charge is 0.419 e. The highest BCUT2D eigenvalue weighted by atomic mass is 79.9. The zero-order valence-corrected chi connectivity index (χ0v) is 12.3. The summed E-state index contributed by atoms with van der Waals surface area (Å²) in [6.07, 6.45) is -2.25. The first-order chi connectivity index (χ1) is 8.72. The molecular weight excluding hydrogens is 325 g/mol. The van der Waals surface area contributed by atoms with Gasteiger partial charge in [0.05, 0.1) is 5.56 Å². The van der Waals surface area contributed by atoms with Crippen LogP contribution in [0.5, 0.6) is 0 Å². The number of anilines is 1. The first-order valence-electron chi connectivity index (χ1n) is 5.83. The molecule has 0 aromatic carbocycles. The molecular formula is C12H16BrF3N2O. The van der Waals surface area contributed by atoms with Crippen molar-refractivity contribution in [3.63, 3.8) is 0 Å². The molecule has 1 heterocycles. The van der Waals surface area contributed by atoms with Crippen molar-refractivity contribution < 1.29 is 18.3 Å². The van der Waals surface area contributed by atoms with Crippen LogP contribution in [0.25, 0.3) is 0 Å².